The van der Waals surface area contributed by atoms with E-state index < -0.39 is 0 Å². The Bertz CT molecular complexity index is 3800. The molecule has 4 saturated carbocycles. The maximum Gasteiger partial charge on any atom is 0.121 e. The minimum atomic E-state index is 0.286. The van der Waals surface area contributed by atoms with Gasteiger partial charge in [0.1, 0.15) is 11.5 Å². The van der Waals surface area contributed by atoms with Gasteiger partial charge in [-0.3, -0.25) is 0 Å². The van der Waals surface area contributed by atoms with Crippen molar-refractivity contribution >= 4 is 89.0 Å². The van der Waals surface area contributed by atoms with Crippen LogP contribution < -0.4 is 30.7 Å². The second kappa shape index (κ2) is 36.0. The minimum absolute atomic E-state index is 0.286. The Labute approximate surface area is 593 Å². The summed E-state index contributed by atoms with van der Waals surface area (Å²) in [4.78, 5) is 0. The molecule has 0 heterocycles. The maximum atomic E-state index is 6.84. The van der Waals surface area contributed by atoms with Gasteiger partial charge >= 0.3 is 0 Å². The summed E-state index contributed by atoms with van der Waals surface area (Å²) < 4.78 is 48.2. The summed E-state index contributed by atoms with van der Waals surface area (Å²) >= 11 is 13.0. The number of hydrogen-bond acceptors (Lipinski definition) is 12. The highest BCUT2D eigenvalue weighted by Crippen LogP contribution is 2.68. The number of benzene rings is 8. The molecule has 8 aromatic rings. The number of anilines is 4. The van der Waals surface area contributed by atoms with Gasteiger partial charge in [-0.1, -0.05) is 105 Å². The van der Waals surface area contributed by atoms with Gasteiger partial charge in [0.05, 0.1) is 65.6 Å². The van der Waals surface area contributed by atoms with Gasteiger partial charge in [0.2, 0.25) is 0 Å². The molecule has 8 aromatic carbocycles. The quantitative estimate of drug-likeness (QED) is 0.0216. The first-order valence-corrected chi connectivity index (χ1v) is 38.0. The highest BCUT2D eigenvalue weighted by atomic mass is 35.5. The first-order valence-electron chi connectivity index (χ1n) is 37.2. The summed E-state index contributed by atoms with van der Waals surface area (Å²) in [6.45, 7) is 19.4. The molecule has 526 valence electrons. The molecule has 4 N–H and O–H groups in total. The fourth-order valence-corrected chi connectivity index (χ4v) is 18.2. The smallest absolute Gasteiger partial charge is 0.121 e. The first kappa shape index (κ1) is 71.8. The molecule has 98 heavy (non-hydrogen) atoms. The van der Waals surface area contributed by atoms with Crippen LogP contribution in [0, 0.1) is 46.3 Å². The van der Waals surface area contributed by atoms with Crippen LogP contribution in [0.25, 0.3) is 43.1 Å². The van der Waals surface area contributed by atoms with Gasteiger partial charge in [-0.05, 0) is 237 Å². The van der Waals surface area contributed by atoms with Crippen molar-refractivity contribution in [3.8, 4) is 11.5 Å². The van der Waals surface area contributed by atoms with Crippen molar-refractivity contribution in [2.75, 3.05) is 133 Å². The van der Waals surface area contributed by atoms with Gasteiger partial charge in [0.15, 0.2) is 0 Å². The van der Waals surface area contributed by atoms with E-state index >= 15 is 0 Å². The lowest BCUT2D eigenvalue weighted by molar-refractivity contribution is -0.126. The lowest BCUT2D eigenvalue weighted by Crippen LogP contribution is -2.54. The topological polar surface area (TPSA) is 122 Å². The van der Waals surface area contributed by atoms with Crippen LogP contribution in [0.1, 0.15) is 117 Å². The zero-order chi connectivity index (χ0) is 67.4. The summed E-state index contributed by atoms with van der Waals surface area (Å²) in [5.41, 5.74) is 5.30. The molecule has 0 radical (unpaired) electrons. The molecule has 0 bridgehead atoms. The number of nitrogens with one attached hydrogen (secondary N) is 4. The van der Waals surface area contributed by atoms with Gasteiger partial charge in [0, 0.05) is 119 Å². The van der Waals surface area contributed by atoms with Gasteiger partial charge in [0.25, 0.3) is 0 Å². The second-order valence-electron chi connectivity index (χ2n) is 28.9. The van der Waals surface area contributed by atoms with Crippen LogP contribution >= 0.6 is 23.2 Å². The molecular formula is C84H108Cl2N4O8. The third kappa shape index (κ3) is 18.7. The number of halogens is 2. The lowest BCUT2D eigenvalue weighted by atomic mass is 9.44. The van der Waals surface area contributed by atoms with Crippen molar-refractivity contribution in [2.45, 2.75) is 123 Å². The monoisotopic (exact) mass is 1370 g/mol. The second-order valence-corrected chi connectivity index (χ2v) is 29.7. The zero-order valence-corrected chi connectivity index (χ0v) is 60.1. The number of rotatable bonds is 40. The molecule has 0 spiro atoms. The van der Waals surface area contributed by atoms with E-state index in [0.717, 1.165) is 167 Å². The third-order valence-electron chi connectivity index (χ3n) is 22.7. The molecule has 12 nitrogen and oxygen atoms in total. The molecule has 4 fully saturated rings. The highest BCUT2D eigenvalue weighted by molar-refractivity contribution is 6.36. The van der Waals surface area contributed by atoms with Gasteiger partial charge in [-0.2, -0.15) is 0 Å². The van der Waals surface area contributed by atoms with Crippen molar-refractivity contribution < 1.29 is 37.9 Å². The Balaban J connectivity index is 0.459. The minimum Gasteiger partial charge on any atom is -0.494 e. The zero-order valence-electron chi connectivity index (χ0n) is 58.5. The average Bonchev–Trinajstić information content (AvgIpc) is 1.40. The number of ether oxygens (including phenoxy) is 8. The molecule has 9 atom stereocenters. The molecule has 0 aliphatic heterocycles. The van der Waals surface area contributed by atoms with Gasteiger partial charge in [-0.25, -0.2) is 0 Å². The Morgan fingerprint density at radius 1 is 0.418 bits per heavy atom. The molecule has 0 saturated heterocycles. The molecule has 12 rings (SSSR count). The van der Waals surface area contributed by atoms with Crippen LogP contribution in [-0.2, 0) is 28.4 Å². The van der Waals surface area contributed by atoms with E-state index in [1.54, 1.807) is 0 Å². The highest BCUT2D eigenvalue weighted by Gasteiger charge is 2.60. The molecule has 0 amide bonds. The van der Waals surface area contributed by atoms with E-state index in [0.29, 0.717) is 96.0 Å². The van der Waals surface area contributed by atoms with E-state index in [4.69, 9.17) is 61.1 Å². The van der Waals surface area contributed by atoms with Crippen molar-refractivity contribution in [2.24, 2.45) is 46.3 Å². The third-order valence-corrected chi connectivity index (χ3v) is 23.4. The van der Waals surface area contributed by atoms with E-state index in [-0.39, 0.29) is 6.10 Å². The molecular weight excluding hydrogens is 1260 g/mol. The molecule has 4 aliphatic rings. The predicted molar refractivity (Wildman–Crippen MR) is 407 cm³/mol. The first-order chi connectivity index (χ1) is 48.1. The van der Waals surface area contributed by atoms with Crippen molar-refractivity contribution in [3.63, 3.8) is 0 Å². The van der Waals surface area contributed by atoms with E-state index in [1.165, 1.54) is 79.3 Å². The average molecular weight is 1370 g/mol. The van der Waals surface area contributed by atoms with Crippen LogP contribution in [0.4, 0.5) is 22.7 Å². The number of hydrogen-bond donors (Lipinski definition) is 4. The summed E-state index contributed by atoms with van der Waals surface area (Å²) in [6.07, 6.45) is 18.3. The molecule has 4 aliphatic carbocycles. The van der Waals surface area contributed by atoms with Gasteiger partial charge in [-0.15, -0.1) is 0 Å². The molecule has 0 aromatic heterocycles. The fraction of sp³-hybridized carbons (Fsp3) is 0.524. The summed E-state index contributed by atoms with van der Waals surface area (Å²) in [7, 11) is 0. The Hall–Kier alpha value is -6.06. The largest absolute Gasteiger partial charge is 0.494 e. The van der Waals surface area contributed by atoms with Crippen molar-refractivity contribution in [3.05, 3.63) is 156 Å². The number of fused-ring (bicyclic) bond motifs is 9. The lowest BCUT2D eigenvalue weighted by Gasteiger charge is -2.61. The van der Waals surface area contributed by atoms with Crippen molar-refractivity contribution in [1.82, 2.24) is 0 Å². The van der Waals surface area contributed by atoms with Crippen LogP contribution in [-0.4, -0.2) is 118 Å². The Kier molecular flexibility index (Phi) is 26.4. The summed E-state index contributed by atoms with van der Waals surface area (Å²) in [6, 6.07) is 50.7. The normalized spacial score (nSPS) is 22.4. The summed E-state index contributed by atoms with van der Waals surface area (Å²) in [5, 5.41) is 25.1. The maximum absolute atomic E-state index is 6.84. The molecule has 14 heteroatoms. The SMILES string of the molecule is C[C@H](CCCOc1cccc(NCCCOCCOCCOCCCNc2cccc3cc4cccc(Cl)c4cc23)c1)[C@H]1CC[C@H]2[C@@H]3CC[C@@H]4C[C@@H](Oc5cccc(NCCCOCCOCCOCCCNc6cccc7cc8cccc(Cl)c8cc67)c5)CC[C@]4(C)[C@H]3CC[C@]12C. The van der Waals surface area contributed by atoms with E-state index in [2.05, 4.69) is 163 Å². The van der Waals surface area contributed by atoms with Crippen LogP contribution in [0.2, 0.25) is 10.0 Å². The molecule has 0 unspecified atom stereocenters. The van der Waals surface area contributed by atoms with Crippen LogP contribution in [0.5, 0.6) is 11.5 Å². The van der Waals surface area contributed by atoms with E-state index in [1.807, 2.05) is 24.3 Å². The van der Waals surface area contributed by atoms with Gasteiger partial charge < -0.3 is 59.2 Å². The fourth-order valence-electron chi connectivity index (χ4n) is 17.7. The predicted octanol–water partition coefficient (Wildman–Crippen LogP) is 20.2. The van der Waals surface area contributed by atoms with E-state index in [9.17, 15) is 0 Å². The Morgan fingerprint density at radius 2 is 0.878 bits per heavy atom. The van der Waals surface area contributed by atoms with Crippen molar-refractivity contribution in [1.29, 1.82) is 0 Å². The van der Waals surface area contributed by atoms with Crippen LogP contribution in [0.15, 0.2) is 146 Å². The Morgan fingerprint density at radius 3 is 1.43 bits per heavy atom. The standard InChI is InChI=1S/C84H108Cl2N4O8/c1-60(15-10-44-97-68-22-8-20-66(56-68)87-36-11-40-91-45-49-95-51-47-93-42-13-38-89-81-26-6-18-63-53-61-16-4-24-79(85)72(61)58-74(63)81)76-30-31-77-71-29-28-65-55-70(32-34-83(65,2)78(71)33-35-84(76,77)3)98-69-23-9-21-67(57-69)88-37-12-41-92-46-50-96-52-48-94-43-14-39-90-82-27-7-19-64-54-62-17-5-25-80(86)73(62)59-75(64)82/h4-9,16-27,53-54,56-60,65,70-71,76-78,87-90H,10-15,28-52,55H2,1-3H3/t60-,65-,70+,71+,76-,77+,78+,83+,84-/m1/s1. The van der Waals surface area contributed by atoms with Crippen LogP contribution in [0.3, 0.4) is 0 Å². The summed E-state index contributed by atoms with van der Waals surface area (Å²) in [5.74, 6) is 6.78.